The second kappa shape index (κ2) is 3.79. The lowest BCUT2D eigenvalue weighted by atomic mass is 10.2. The predicted octanol–water partition coefficient (Wildman–Crippen LogP) is 2.73. The van der Waals surface area contributed by atoms with Crippen molar-refractivity contribution in [3.8, 4) is 0 Å². The van der Waals surface area contributed by atoms with E-state index in [-0.39, 0.29) is 11.5 Å². The van der Waals surface area contributed by atoms with E-state index in [1.807, 2.05) is 18.4 Å². The van der Waals surface area contributed by atoms with Crippen LogP contribution in [0, 0.1) is 0 Å². The van der Waals surface area contributed by atoms with E-state index in [2.05, 4.69) is 6.58 Å². The Balaban J connectivity index is 3.47. The summed E-state index contributed by atoms with van der Waals surface area (Å²) in [5.74, 6) is 0. The summed E-state index contributed by atoms with van der Waals surface area (Å²) in [5, 5.41) is 0.456. The maximum absolute atomic E-state index is 11.1. The zero-order valence-corrected chi connectivity index (χ0v) is 8.51. The number of aromatic nitrogens is 1. The molecule has 0 fully saturated rings. The van der Waals surface area contributed by atoms with Crippen molar-refractivity contribution in [2.75, 3.05) is 0 Å². The van der Waals surface area contributed by atoms with Gasteiger partial charge in [-0.1, -0.05) is 18.2 Å². The minimum Gasteiger partial charge on any atom is -0.329 e. The molecular formula is C10H12ClNO. The van der Waals surface area contributed by atoms with Crippen LogP contribution in [0.4, 0.5) is 0 Å². The number of hydrogen-bond donors (Lipinski definition) is 0. The Labute approximate surface area is 82.5 Å². The van der Waals surface area contributed by atoms with Crippen LogP contribution in [-0.4, -0.2) is 4.57 Å². The van der Waals surface area contributed by atoms with Gasteiger partial charge in [0.15, 0.2) is 5.43 Å². The smallest absolute Gasteiger partial charge is 0.183 e. The third-order valence-corrected chi connectivity index (χ3v) is 2.08. The van der Waals surface area contributed by atoms with E-state index in [9.17, 15) is 4.79 Å². The van der Waals surface area contributed by atoms with Gasteiger partial charge in [0.2, 0.25) is 0 Å². The Kier molecular flexibility index (Phi) is 2.94. The molecule has 1 rings (SSSR count). The first kappa shape index (κ1) is 10.1. The first-order valence-electron chi connectivity index (χ1n) is 4.10. The summed E-state index contributed by atoms with van der Waals surface area (Å²) in [7, 11) is 0. The molecule has 13 heavy (non-hydrogen) atoms. The van der Waals surface area contributed by atoms with Crippen LogP contribution in [0.15, 0.2) is 23.5 Å². The second-order valence-electron chi connectivity index (χ2n) is 3.11. The molecule has 0 aliphatic heterocycles. The molecule has 0 amide bonds. The highest BCUT2D eigenvalue weighted by Gasteiger charge is 2.06. The van der Waals surface area contributed by atoms with Crippen molar-refractivity contribution in [2.45, 2.75) is 19.9 Å². The van der Waals surface area contributed by atoms with Gasteiger partial charge < -0.3 is 4.57 Å². The van der Waals surface area contributed by atoms with E-state index < -0.39 is 0 Å². The van der Waals surface area contributed by atoms with Gasteiger partial charge in [-0.25, -0.2) is 0 Å². The third kappa shape index (κ3) is 2.01. The zero-order chi connectivity index (χ0) is 10.0. The molecule has 2 nitrogen and oxygen atoms in total. The number of nitrogens with zero attached hydrogens (tertiary/aromatic N) is 1. The second-order valence-corrected chi connectivity index (χ2v) is 3.49. The summed E-state index contributed by atoms with van der Waals surface area (Å²) >= 11 is 5.92. The first-order chi connectivity index (χ1) is 6.06. The molecule has 0 aromatic carbocycles. The van der Waals surface area contributed by atoms with Gasteiger partial charge in [-0.15, -0.1) is 0 Å². The number of hydrogen-bond acceptors (Lipinski definition) is 1. The van der Waals surface area contributed by atoms with Crippen molar-refractivity contribution >= 4 is 17.7 Å². The van der Waals surface area contributed by atoms with Crippen LogP contribution in [0.1, 0.15) is 25.6 Å². The highest BCUT2D eigenvalue weighted by Crippen LogP contribution is 2.17. The normalized spacial score (nSPS) is 10.5. The van der Waals surface area contributed by atoms with Crippen LogP contribution in [0.2, 0.25) is 5.15 Å². The quantitative estimate of drug-likeness (QED) is 0.669. The van der Waals surface area contributed by atoms with Crippen LogP contribution in [-0.2, 0) is 0 Å². The monoisotopic (exact) mass is 197 g/mol. The van der Waals surface area contributed by atoms with Gasteiger partial charge in [0.1, 0.15) is 5.15 Å². The minimum atomic E-state index is -0.0863. The van der Waals surface area contributed by atoms with Crippen molar-refractivity contribution in [1.29, 1.82) is 0 Å². The summed E-state index contributed by atoms with van der Waals surface area (Å²) < 4.78 is 1.86. The molecule has 0 saturated carbocycles. The molecule has 0 N–H and O–H groups in total. The lowest BCUT2D eigenvalue weighted by molar-refractivity contribution is 0.591. The van der Waals surface area contributed by atoms with E-state index in [1.54, 1.807) is 6.08 Å². The largest absolute Gasteiger partial charge is 0.329 e. The molecule has 0 spiro atoms. The Morgan fingerprint density at radius 3 is 2.62 bits per heavy atom. The fourth-order valence-electron chi connectivity index (χ4n) is 1.27. The molecular weight excluding hydrogens is 186 g/mol. The number of halogens is 1. The van der Waals surface area contributed by atoms with Crippen LogP contribution in [0.25, 0.3) is 6.08 Å². The zero-order valence-electron chi connectivity index (χ0n) is 7.75. The van der Waals surface area contributed by atoms with Gasteiger partial charge in [0.05, 0.1) is 0 Å². The van der Waals surface area contributed by atoms with Gasteiger partial charge in [-0.05, 0) is 19.9 Å². The van der Waals surface area contributed by atoms with Gasteiger partial charge in [0, 0.05) is 23.9 Å². The molecule has 70 valence electrons. The van der Waals surface area contributed by atoms with Gasteiger partial charge in [-0.3, -0.25) is 4.79 Å². The molecule has 0 unspecified atom stereocenters. The van der Waals surface area contributed by atoms with E-state index >= 15 is 0 Å². The standard InChI is InChI=1S/C10H12ClNO/c1-4-8-5-9(13)6-10(11)12(8)7(2)3/h4-7H,1H2,2-3H3. The average Bonchev–Trinajstić information content (AvgIpc) is 2.01. The lowest BCUT2D eigenvalue weighted by Crippen LogP contribution is -2.12. The summed E-state index contributed by atoms with van der Waals surface area (Å²) in [4.78, 5) is 11.1. The third-order valence-electron chi connectivity index (χ3n) is 1.79. The maximum Gasteiger partial charge on any atom is 0.183 e. The van der Waals surface area contributed by atoms with Crippen molar-refractivity contribution in [2.24, 2.45) is 0 Å². The fraction of sp³-hybridized carbons (Fsp3) is 0.300. The van der Waals surface area contributed by atoms with Gasteiger partial charge in [-0.2, -0.15) is 0 Å². The van der Waals surface area contributed by atoms with Gasteiger partial charge in [0.25, 0.3) is 0 Å². The fourth-order valence-corrected chi connectivity index (χ4v) is 1.67. The lowest BCUT2D eigenvalue weighted by Gasteiger charge is -2.16. The Morgan fingerprint density at radius 1 is 1.54 bits per heavy atom. The van der Waals surface area contributed by atoms with Gasteiger partial charge >= 0.3 is 0 Å². The molecule has 0 aliphatic rings. The molecule has 1 aromatic rings. The number of rotatable bonds is 2. The molecule has 0 atom stereocenters. The molecule has 0 bridgehead atoms. The van der Waals surface area contributed by atoms with Crippen molar-refractivity contribution < 1.29 is 0 Å². The molecule has 1 heterocycles. The summed E-state index contributed by atoms with van der Waals surface area (Å²) in [5.41, 5.74) is 0.671. The van der Waals surface area contributed by atoms with Crippen LogP contribution in [0.5, 0.6) is 0 Å². The molecule has 0 aliphatic carbocycles. The summed E-state index contributed by atoms with van der Waals surface area (Å²) in [6.07, 6.45) is 1.63. The average molecular weight is 198 g/mol. The Morgan fingerprint density at radius 2 is 2.15 bits per heavy atom. The van der Waals surface area contributed by atoms with E-state index in [0.29, 0.717) is 5.15 Å². The molecule has 0 saturated heterocycles. The predicted molar refractivity (Wildman–Crippen MR) is 56.2 cm³/mol. The topological polar surface area (TPSA) is 22.0 Å². The van der Waals surface area contributed by atoms with Crippen LogP contribution < -0.4 is 5.43 Å². The highest BCUT2D eigenvalue weighted by atomic mass is 35.5. The van der Waals surface area contributed by atoms with Crippen molar-refractivity contribution in [3.05, 3.63) is 39.8 Å². The van der Waals surface area contributed by atoms with E-state index in [0.717, 1.165) is 5.69 Å². The maximum atomic E-state index is 11.1. The highest BCUT2D eigenvalue weighted by molar-refractivity contribution is 6.29. The van der Waals surface area contributed by atoms with Crippen molar-refractivity contribution in [3.63, 3.8) is 0 Å². The van der Waals surface area contributed by atoms with Crippen molar-refractivity contribution in [1.82, 2.24) is 4.57 Å². The molecule has 3 heteroatoms. The van der Waals surface area contributed by atoms with Crippen LogP contribution in [0.3, 0.4) is 0 Å². The molecule has 0 radical (unpaired) electrons. The van der Waals surface area contributed by atoms with E-state index in [4.69, 9.17) is 11.6 Å². The number of pyridine rings is 1. The first-order valence-corrected chi connectivity index (χ1v) is 4.48. The Bertz CT molecular complexity index is 379. The molecule has 1 aromatic heterocycles. The summed E-state index contributed by atoms with van der Waals surface area (Å²) in [6, 6.07) is 3.16. The Hall–Kier alpha value is -1.02. The SMILES string of the molecule is C=Cc1cc(=O)cc(Cl)n1C(C)C. The summed E-state index contributed by atoms with van der Waals surface area (Å²) in [6.45, 7) is 7.64. The van der Waals surface area contributed by atoms with Crippen LogP contribution >= 0.6 is 11.6 Å². The minimum absolute atomic E-state index is 0.0863. The van der Waals surface area contributed by atoms with E-state index in [1.165, 1.54) is 12.1 Å².